The lowest BCUT2D eigenvalue weighted by molar-refractivity contribution is -0.131. The van der Waals surface area contributed by atoms with Gasteiger partial charge in [-0.3, -0.25) is 19.3 Å². The number of nitrogens with two attached hydrogens (primary N) is 1. The molecule has 0 fully saturated rings. The number of nitrogens with one attached hydrogen (secondary N) is 1. The molecule has 0 bridgehead atoms. The van der Waals surface area contributed by atoms with E-state index in [1.165, 1.54) is 23.3 Å². The summed E-state index contributed by atoms with van der Waals surface area (Å²) in [4.78, 5) is 30.0. The number of anilines is 2. The van der Waals surface area contributed by atoms with E-state index < -0.39 is 0 Å². The van der Waals surface area contributed by atoms with E-state index in [4.69, 9.17) is 15.2 Å². The van der Waals surface area contributed by atoms with Gasteiger partial charge in [0.05, 0.1) is 49.5 Å². The van der Waals surface area contributed by atoms with Crippen LogP contribution >= 0.6 is 0 Å². The van der Waals surface area contributed by atoms with Crippen LogP contribution in [0.2, 0.25) is 0 Å². The number of aryl methyl sites for hydroxylation is 1. The van der Waals surface area contributed by atoms with Gasteiger partial charge >= 0.3 is 0 Å². The van der Waals surface area contributed by atoms with E-state index in [0.29, 0.717) is 30.3 Å². The number of benzene rings is 1. The zero-order chi connectivity index (χ0) is 23.6. The summed E-state index contributed by atoms with van der Waals surface area (Å²) < 4.78 is 12.6. The van der Waals surface area contributed by atoms with Crippen LogP contribution in [0.1, 0.15) is 12.0 Å². The highest BCUT2D eigenvalue weighted by Gasteiger charge is 2.12. The monoisotopic (exact) mass is 452 g/mol. The first kappa shape index (κ1) is 23.6. The highest BCUT2D eigenvalue weighted by atomic mass is 16.5. The minimum Gasteiger partial charge on any atom is -0.492 e. The number of aromatic nitrogens is 3. The van der Waals surface area contributed by atoms with Gasteiger partial charge in [-0.2, -0.15) is 5.10 Å². The zero-order valence-electron chi connectivity index (χ0n) is 18.7. The average molecular weight is 453 g/mol. The number of hydrogen-bond donors (Lipinski definition) is 2. The van der Waals surface area contributed by atoms with Crippen LogP contribution in [0.5, 0.6) is 11.5 Å². The number of rotatable bonds is 11. The Labute approximate surface area is 192 Å². The summed E-state index contributed by atoms with van der Waals surface area (Å²) in [5.74, 6) is 0.919. The lowest BCUT2D eigenvalue weighted by Crippen LogP contribution is -2.33. The summed E-state index contributed by atoms with van der Waals surface area (Å²) in [5.41, 5.74) is 7.79. The van der Waals surface area contributed by atoms with Crippen LogP contribution in [0.25, 0.3) is 0 Å². The molecule has 0 saturated heterocycles. The number of carbonyl (C=O) groups excluding carboxylic acids is 2. The van der Waals surface area contributed by atoms with Gasteiger partial charge in [-0.05, 0) is 19.1 Å². The third-order valence-electron chi connectivity index (χ3n) is 4.69. The highest BCUT2D eigenvalue weighted by Crippen LogP contribution is 2.13. The molecule has 3 N–H and O–H groups in total. The SMILES string of the molecule is Cc1ccc(OCCN(C)C(=O)Cn2cc(NC(=O)CCOc3cncc(N)c3)cn2)cc1. The maximum Gasteiger partial charge on any atom is 0.244 e. The zero-order valence-corrected chi connectivity index (χ0v) is 18.7. The van der Waals surface area contributed by atoms with E-state index in [1.54, 1.807) is 24.2 Å². The Morgan fingerprint density at radius 3 is 2.61 bits per heavy atom. The first-order chi connectivity index (χ1) is 15.9. The van der Waals surface area contributed by atoms with Crippen LogP contribution < -0.4 is 20.5 Å². The third kappa shape index (κ3) is 7.84. The van der Waals surface area contributed by atoms with E-state index in [2.05, 4.69) is 15.4 Å². The molecule has 0 radical (unpaired) electrons. The molecule has 10 heteroatoms. The number of nitrogens with zero attached hydrogens (tertiary/aromatic N) is 4. The lowest BCUT2D eigenvalue weighted by atomic mass is 10.2. The molecule has 0 aliphatic heterocycles. The van der Waals surface area contributed by atoms with Crippen molar-refractivity contribution in [3.05, 3.63) is 60.7 Å². The van der Waals surface area contributed by atoms with Crippen LogP contribution in [-0.2, 0) is 16.1 Å². The molecule has 33 heavy (non-hydrogen) atoms. The van der Waals surface area contributed by atoms with Gasteiger partial charge < -0.3 is 25.4 Å². The second kappa shape index (κ2) is 11.5. The van der Waals surface area contributed by atoms with Crippen molar-refractivity contribution in [1.29, 1.82) is 0 Å². The Kier molecular flexibility index (Phi) is 8.23. The van der Waals surface area contributed by atoms with Gasteiger partial charge in [-0.15, -0.1) is 0 Å². The Bertz CT molecular complexity index is 1070. The first-order valence-corrected chi connectivity index (χ1v) is 10.5. The molecule has 0 unspecified atom stereocenters. The summed E-state index contributed by atoms with van der Waals surface area (Å²) in [6.07, 6.45) is 6.28. The van der Waals surface area contributed by atoms with Crippen LogP contribution in [0.15, 0.2) is 55.1 Å². The maximum absolute atomic E-state index is 12.4. The number of hydrogen-bond acceptors (Lipinski definition) is 7. The van der Waals surface area contributed by atoms with Crippen molar-refractivity contribution >= 4 is 23.2 Å². The maximum atomic E-state index is 12.4. The topological polar surface area (TPSA) is 125 Å². The molecule has 0 atom stereocenters. The van der Waals surface area contributed by atoms with E-state index in [1.807, 2.05) is 31.2 Å². The van der Waals surface area contributed by atoms with Crippen LogP contribution in [-0.4, -0.2) is 58.3 Å². The van der Waals surface area contributed by atoms with Crippen molar-refractivity contribution in [2.75, 3.05) is 37.9 Å². The quantitative estimate of drug-likeness (QED) is 0.456. The van der Waals surface area contributed by atoms with Gasteiger partial charge in [-0.25, -0.2) is 0 Å². The summed E-state index contributed by atoms with van der Waals surface area (Å²) >= 11 is 0. The molecule has 10 nitrogen and oxygen atoms in total. The molecular formula is C23H28N6O4. The molecule has 3 aromatic rings. The molecule has 0 aliphatic rings. The van der Waals surface area contributed by atoms with Crippen LogP contribution in [0, 0.1) is 6.92 Å². The Hall–Kier alpha value is -4.08. The predicted molar refractivity (Wildman–Crippen MR) is 124 cm³/mol. The van der Waals surface area contributed by atoms with Gasteiger partial charge in [0, 0.05) is 19.3 Å². The van der Waals surface area contributed by atoms with Crippen molar-refractivity contribution in [3.8, 4) is 11.5 Å². The second-order valence-electron chi connectivity index (χ2n) is 7.50. The molecular weight excluding hydrogens is 424 g/mol. The van der Waals surface area contributed by atoms with E-state index in [9.17, 15) is 9.59 Å². The molecule has 2 aromatic heterocycles. The van der Waals surface area contributed by atoms with Gasteiger partial charge in [-0.1, -0.05) is 17.7 Å². The summed E-state index contributed by atoms with van der Waals surface area (Å²) in [5, 5.41) is 6.87. The van der Waals surface area contributed by atoms with Gasteiger partial charge in [0.1, 0.15) is 24.7 Å². The Morgan fingerprint density at radius 1 is 1.09 bits per heavy atom. The fraction of sp³-hybridized carbons (Fsp3) is 0.304. The number of likely N-dealkylation sites (N-methyl/N-ethyl adjacent to an activating group) is 1. The summed E-state index contributed by atoms with van der Waals surface area (Å²) in [7, 11) is 1.71. The van der Waals surface area contributed by atoms with Crippen molar-refractivity contribution < 1.29 is 19.1 Å². The Balaban J connectivity index is 1.36. The largest absolute Gasteiger partial charge is 0.492 e. The normalized spacial score (nSPS) is 10.5. The number of ether oxygens (including phenoxy) is 2. The fourth-order valence-electron chi connectivity index (χ4n) is 2.83. The van der Waals surface area contributed by atoms with E-state index in [-0.39, 0.29) is 31.4 Å². The highest BCUT2D eigenvalue weighted by molar-refractivity contribution is 5.90. The Morgan fingerprint density at radius 2 is 1.85 bits per heavy atom. The smallest absolute Gasteiger partial charge is 0.244 e. The van der Waals surface area contributed by atoms with Crippen molar-refractivity contribution in [3.63, 3.8) is 0 Å². The van der Waals surface area contributed by atoms with Crippen LogP contribution in [0.4, 0.5) is 11.4 Å². The molecule has 1 aromatic carbocycles. The molecule has 0 saturated carbocycles. The lowest BCUT2D eigenvalue weighted by Gasteiger charge is -2.17. The van der Waals surface area contributed by atoms with Gasteiger partial charge in [0.2, 0.25) is 11.8 Å². The van der Waals surface area contributed by atoms with Crippen LogP contribution in [0.3, 0.4) is 0 Å². The number of amides is 2. The van der Waals surface area contributed by atoms with Crippen molar-refractivity contribution in [2.24, 2.45) is 0 Å². The van der Waals surface area contributed by atoms with Crippen molar-refractivity contribution in [1.82, 2.24) is 19.7 Å². The molecule has 0 aliphatic carbocycles. The first-order valence-electron chi connectivity index (χ1n) is 10.5. The molecule has 3 rings (SSSR count). The molecule has 2 amide bonds. The van der Waals surface area contributed by atoms with E-state index >= 15 is 0 Å². The van der Waals surface area contributed by atoms with Gasteiger partial charge in [0.15, 0.2) is 0 Å². The fourth-order valence-corrected chi connectivity index (χ4v) is 2.83. The molecule has 174 valence electrons. The number of pyridine rings is 1. The summed E-state index contributed by atoms with van der Waals surface area (Å²) in [6.45, 7) is 3.08. The molecule has 2 heterocycles. The predicted octanol–water partition coefficient (Wildman–Crippen LogP) is 2.11. The molecule has 0 spiro atoms. The second-order valence-corrected chi connectivity index (χ2v) is 7.50. The minimum atomic E-state index is -0.233. The average Bonchev–Trinajstić information content (AvgIpc) is 3.21. The summed E-state index contributed by atoms with van der Waals surface area (Å²) in [6, 6.07) is 9.39. The number of carbonyl (C=O) groups is 2. The minimum absolute atomic E-state index is 0.0580. The third-order valence-corrected chi connectivity index (χ3v) is 4.69. The standard InChI is InChI=1S/C23H28N6O4/c1-17-3-5-20(6-4-17)33-10-8-28(2)23(31)16-29-15-19(13-26-29)27-22(30)7-9-32-21-11-18(24)12-25-14-21/h3-6,11-15H,7-10,16,24H2,1-2H3,(H,27,30). The number of nitrogen functional groups attached to an aromatic ring is 1. The van der Waals surface area contributed by atoms with Crippen molar-refractivity contribution in [2.45, 2.75) is 19.9 Å². The van der Waals surface area contributed by atoms with Gasteiger partial charge in [0.25, 0.3) is 0 Å². The van der Waals surface area contributed by atoms with E-state index in [0.717, 1.165) is 11.3 Å².